The zero-order valence-corrected chi connectivity index (χ0v) is 14.7. The molecule has 2 N–H and O–H groups in total. The smallest absolute Gasteiger partial charge is 0.327 e. The fourth-order valence-electron chi connectivity index (χ4n) is 2.18. The topological polar surface area (TPSA) is 105 Å². The molecule has 2 rings (SSSR count). The van der Waals surface area contributed by atoms with Gasteiger partial charge in [0, 0.05) is 0 Å². The molecular formula is C16H18ClN3O5. The molecule has 1 fully saturated rings. The van der Waals surface area contributed by atoms with Crippen LogP contribution in [0.5, 0.6) is 0 Å². The van der Waals surface area contributed by atoms with Crippen LogP contribution in [0.15, 0.2) is 24.3 Å². The van der Waals surface area contributed by atoms with E-state index in [4.69, 9.17) is 16.3 Å². The number of carbonyl (C=O) groups is 4. The Morgan fingerprint density at radius 2 is 1.96 bits per heavy atom. The van der Waals surface area contributed by atoms with E-state index in [9.17, 15) is 19.2 Å². The second-order valence-corrected chi connectivity index (χ2v) is 6.45. The summed E-state index contributed by atoms with van der Waals surface area (Å²) in [6, 6.07) is 5.93. The van der Waals surface area contributed by atoms with Crippen molar-refractivity contribution in [1.29, 1.82) is 0 Å². The van der Waals surface area contributed by atoms with Crippen molar-refractivity contribution < 1.29 is 23.9 Å². The van der Waals surface area contributed by atoms with Gasteiger partial charge in [-0.15, -0.1) is 0 Å². The number of esters is 1. The Balaban J connectivity index is 1.92. The molecule has 0 bridgehead atoms. The zero-order chi connectivity index (χ0) is 18.8. The highest BCUT2D eigenvalue weighted by Crippen LogP contribution is 2.21. The monoisotopic (exact) mass is 367 g/mol. The molecular weight excluding hydrogens is 350 g/mol. The Kier molecular flexibility index (Phi) is 5.32. The molecule has 1 atom stereocenters. The second kappa shape index (κ2) is 7.10. The molecule has 1 saturated heterocycles. The maximum absolute atomic E-state index is 12.1. The van der Waals surface area contributed by atoms with Crippen molar-refractivity contribution >= 4 is 41.1 Å². The van der Waals surface area contributed by atoms with Crippen LogP contribution in [0.3, 0.4) is 0 Å². The van der Waals surface area contributed by atoms with Crippen LogP contribution >= 0.6 is 11.6 Å². The van der Waals surface area contributed by atoms with Crippen molar-refractivity contribution in [2.24, 2.45) is 0 Å². The average molecular weight is 368 g/mol. The van der Waals surface area contributed by atoms with Gasteiger partial charge in [-0.25, -0.2) is 4.79 Å². The number of hydrogen-bond donors (Lipinski definition) is 2. The Labute approximate surface area is 149 Å². The standard InChI is InChI=1S/C16H18ClN3O5/c1-9(13(22)18-11-7-5-4-6-10(11)17)25-12(21)8-20-14(23)16(2,3)19-15(20)24/h4-7,9H,8H2,1-3H3,(H,18,22)(H,19,24). The third-order valence-electron chi connectivity index (χ3n) is 3.54. The lowest BCUT2D eigenvalue weighted by Crippen LogP contribution is -2.42. The number of hydrogen-bond acceptors (Lipinski definition) is 5. The number of rotatable bonds is 5. The minimum atomic E-state index is -1.13. The molecule has 0 saturated carbocycles. The Morgan fingerprint density at radius 3 is 2.52 bits per heavy atom. The van der Waals surface area contributed by atoms with Gasteiger partial charge in [-0.3, -0.25) is 19.3 Å². The van der Waals surface area contributed by atoms with Gasteiger partial charge in [-0.2, -0.15) is 0 Å². The zero-order valence-electron chi connectivity index (χ0n) is 14.0. The number of ether oxygens (including phenoxy) is 1. The first-order valence-electron chi connectivity index (χ1n) is 7.51. The van der Waals surface area contributed by atoms with Crippen LogP contribution in [0.1, 0.15) is 20.8 Å². The summed E-state index contributed by atoms with van der Waals surface area (Å²) >= 11 is 5.94. The molecule has 8 nitrogen and oxygen atoms in total. The SMILES string of the molecule is CC(OC(=O)CN1C(=O)NC(C)(C)C1=O)C(=O)Nc1ccccc1Cl. The molecule has 1 unspecified atom stereocenters. The number of halogens is 1. The Bertz CT molecular complexity index is 734. The first-order chi connectivity index (χ1) is 11.6. The molecule has 0 radical (unpaired) electrons. The molecule has 1 aromatic carbocycles. The predicted molar refractivity (Wildman–Crippen MR) is 90.0 cm³/mol. The van der Waals surface area contributed by atoms with Crippen LogP contribution in [0.2, 0.25) is 5.02 Å². The van der Waals surface area contributed by atoms with Crippen molar-refractivity contribution in [3.05, 3.63) is 29.3 Å². The molecule has 1 aromatic rings. The summed E-state index contributed by atoms with van der Waals surface area (Å²) in [6.45, 7) is 3.86. The summed E-state index contributed by atoms with van der Waals surface area (Å²) in [5.74, 6) is -2.00. The highest BCUT2D eigenvalue weighted by atomic mass is 35.5. The maximum atomic E-state index is 12.1. The lowest BCUT2D eigenvalue weighted by molar-refractivity contribution is -0.155. The van der Waals surface area contributed by atoms with E-state index in [2.05, 4.69) is 10.6 Å². The van der Waals surface area contributed by atoms with Crippen molar-refractivity contribution in [3.8, 4) is 0 Å². The van der Waals surface area contributed by atoms with Crippen LogP contribution in [0, 0.1) is 0 Å². The molecule has 1 aliphatic rings. The van der Waals surface area contributed by atoms with Crippen molar-refractivity contribution in [2.75, 3.05) is 11.9 Å². The van der Waals surface area contributed by atoms with Crippen molar-refractivity contribution in [1.82, 2.24) is 10.2 Å². The number of amides is 4. The van der Waals surface area contributed by atoms with E-state index >= 15 is 0 Å². The lowest BCUT2D eigenvalue weighted by Gasteiger charge is -2.17. The summed E-state index contributed by atoms with van der Waals surface area (Å²) in [5.41, 5.74) is -0.697. The van der Waals surface area contributed by atoms with E-state index in [0.29, 0.717) is 10.7 Å². The third kappa shape index (κ3) is 4.27. The number of benzene rings is 1. The summed E-state index contributed by atoms with van der Waals surface area (Å²) in [4.78, 5) is 48.5. The summed E-state index contributed by atoms with van der Waals surface area (Å²) in [7, 11) is 0. The summed E-state index contributed by atoms with van der Waals surface area (Å²) in [5, 5.41) is 5.32. The fraction of sp³-hybridized carbons (Fsp3) is 0.375. The Hall–Kier alpha value is -2.61. The van der Waals surface area contributed by atoms with Gasteiger partial charge in [-0.05, 0) is 32.9 Å². The molecule has 4 amide bonds. The normalized spacial score (nSPS) is 17.0. The fourth-order valence-corrected chi connectivity index (χ4v) is 2.36. The third-order valence-corrected chi connectivity index (χ3v) is 3.87. The van der Waals surface area contributed by atoms with Crippen molar-refractivity contribution in [3.63, 3.8) is 0 Å². The average Bonchev–Trinajstić information content (AvgIpc) is 2.71. The van der Waals surface area contributed by atoms with Gasteiger partial charge in [-0.1, -0.05) is 23.7 Å². The first kappa shape index (κ1) is 18.7. The van der Waals surface area contributed by atoms with E-state index in [1.54, 1.807) is 24.3 Å². The van der Waals surface area contributed by atoms with Gasteiger partial charge in [0.15, 0.2) is 6.10 Å². The minimum absolute atomic E-state index is 0.343. The molecule has 9 heteroatoms. The van der Waals surface area contributed by atoms with Gasteiger partial charge in [0.25, 0.3) is 11.8 Å². The second-order valence-electron chi connectivity index (χ2n) is 6.05. The summed E-state index contributed by atoms with van der Waals surface area (Å²) < 4.78 is 4.98. The molecule has 0 aliphatic carbocycles. The van der Waals surface area contributed by atoms with E-state index in [1.165, 1.54) is 20.8 Å². The molecule has 25 heavy (non-hydrogen) atoms. The quantitative estimate of drug-likeness (QED) is 0.606. The van der Waals surface area contributed by atoms with Gasteiger partial charge < -0.3 is 15.4 Å². The van der Waals surface area contributed by atoms with Gasteiger partial charge >= 0.3 is 12.0 Å². The van der Waals surface area contributed by atoms with Crippen molar-refractivity contribution in [2.45, 2.75) is 32.4 Å². The maximum Gasteiger partial charge on any atom is 0.327 e. The highest BCUT2D eigenvalue weighted by molar-refractivity contribution is 6.33. The summed E-state index contributed by atoms with van der Waals surface area (Å²) in [6.07, 6.45) is -1.13. The van der Waals surface area contributed by atoms with E-state index < -0.39 is 42.0 Å². The van der Waals surface area contributed by atoms with Gasteiger partial charge in [0.1, 0.15) is 12.1 Å². The van der Waals surface area contributed by atoms with Crippen LogP contribution < -0.4 is 10.6 Å². The number of nitrogens with zero attached hydrogens (tertiary/aromatic N) is 1. The van der Waals surface area contributed by atoms with E-state index in [0.717, 1.165) is 4.90 Å². The van der Waals surface area contributed by atoms with E-state index in [-0.39, 0.29) is 0 Å². The minimum Gasteiger partial charge on any atom is -0.451 e. The number of imide groups is 1. The molecule has 134 valence electrons. The van der Waals surface area contributed by atoms with Crippen LogP contribution in [-0.2, 0) is 19.1 Å². The highest BCUT2D eigenvalue weighted by Gasteiger charge is 2.45. The Morgan fingerprint density at radius 1 is 1.32 bits per heavy atom. The lowest BCUT2D eigenvalue weighted by atomic mass is 10.1. The number of nitrogens with one attached hydrogen (secondary N) is 2. The van der Waals surface area contributed by atoms with Crippen LogP contribution in [0.25, 0.3) is 0 Å². The molecule has 1 heterocycles. The largest absolute Gasteiger partial charge is 0.451 e. The number of urea groups is 1. The number of para-hydroxylation sites is 1. The molecule has 0 aromatic heterocycles. The molecule has 0 spiro atoms. The van der Waals surface area contributed by atoms with Crippen LogP contribution in [0.4, 0.5) is 10.5 Å². The van der Waals surface area contributed by atoms with Crippen LogP contribution in [-0.4, -0.2) is 46.9 Å². The first-order valence-corrected chi connectivity index (χ1v) is 7.88. The van der Waals surface area contributed by atoms with E-state index in [1.807, 2.05) is 0 Å². The van der Waals surface area contributed by atoms with Gasteiger partial charge in [0.05, 0.1) is 10.7 Å². The predicted octanol–water partition coefficient (Wildman–Crippen LogP) is 1.54. The number of anilines is 1. The van der Waals surface area contributed by atoms with Gasteiger partial charge in [0.2, 0.25) is 0 Å². The molecule has 1 aliphatic heterocycles. The number of carbonyl (C=O) groups excluding carboxylic acids is 4.